The lowest BCUT2D eigenvalue weighted by Crippen LogP contribution is -2.29. The molecule has 7 nitrogen and oxygen atoms in total. The Morgan fingerprint density at radius 1 is 1.45 bits per heavy atom. The van der Waals surface area contributed by atoms with Crippen molar-refractivity contribution in [1.82, 2.24) is 25.1 Å². The molecular formula is C14H19N7S. The van der Waals surface area contributed by atoms with E-state index in [0.717, 1.165) is 36.1 Å². The van der Waals surface area contributed by atoms with Crippen molar-refractivity contribution in [3.63, 3.8) is 0 Å². The van der Waals surface area contributed by atoms with Crippen molar-refractivity contribution in [2.24, 2.45) is 4.99 Å². The SMILES string of the molecule is C/N=C(\SC)N1CCC[C@@H]1c1nnn(-c2cccc(N)c2)n1. The summed E-state index contributed by atoms with van der Waals surface area (Å²) in [6.07, 6.45) is 4.16. The van der Waals surface area contributed by atoms with E-state index < -0.39 is 0 Å². The van der Waals surface area contributed by atoms with Gasteiger partial charge >= 0.3 is 0 Å². The van der Waals surface area contributed by atoms with E-state index in [2.05, 4.69) is 25.3 Å². The molecule has 1 fully saturated rings. The maximum Gasteiger partial charge on any atom is 0.197 e. The van der Waals surface area contributed by atoms with Crippen LogP contribution in [-0.4, -0.2) is 50.1 Å². The van der Waals surface area contributed by atoms with Gasteiger partial charge in [-0.15, -0.1) is 15.0 Å². The van der Waals surface area contributed by atoms with Crippen LogP contribution in [0.4, 0.5) is 5.69 Å². The lowest BCUT2D eigenvalue weighted by Gasteiger charge is -2.24. The number of likely N-dealkylation sites (tertiary alicyclic amines) is 1. The van der Waals surface area contributed by atoms with Gasteiger partial charge < -0.3 is 10.6 Å². The number of nitrogen functional groups attached to an aromatic ring is 1. The van der Waals surface area contributed by atoms with E-state index in [-0.39, 0.29) is 6.04 Å². The molecule has 1 saturated heterocycles. The third-order valence-corrected chi connectivity index (χ3v) is 4.48. The zero-order valence-corrected chi connectivity index (χ0v) is 13.5. The van der Waals surface area contributed by atoms with Crippen molar-refractivity contribution < 1.29 is 0 Å². The third-order valence-electron chi connectivity index (χ3n) is 3.70. The van der Waals surface area contributed by atoms with E-state index in [1.807, 2.05) is 37.6 Å². The van der Waals surface area contributed by atoms with Crippen molar-refractivity contribution >= 4 is 22.6 Å². The fourth-order valence-electron chi connectivity index (χ4n) is 2.72. The predicted molar refractivity (Wildman–Crippen MR) is 89.1 cm³/mol. The summed E-state index contributed by atoms with van der Waals surface area (Å²) in [6.45, 7) is 0.977. The molecule has 0 amide bonds. The lowest BCUT2D eigenvalue weighted by molar-refractivity contribution is 0.390. The van der Waals surface area contributed by atoms with Crippen LogP contribution in [0.3, 0.4) is 0 Å². The van der Waals surface area contributed by atoms with Crippen LogP contribution in [0, 0.1) is 0 Å². The number of nitrogens with zero attached hydrogens (tertiary/aromatic N) is 6. The highest BCUT2D eigenvalue weighted by molar-refractivity contribution is 8.13. The Hall–Kier alpha value is -2.09. The van der Waals surface area contributed by atoms with Crippen LogP contribution in [0.25, 0.3) is 5.69 Å². The van der Waals surface area contributed by atoms with Crippen molar-refractivity contribution in [1.29, 1.82) is 0 Å². The summed E-state index contributed by atoms with van der Waals surface area (Å²) in [5.41, 5.74) is 7.31. The van der Waals surface area contributed by atoms with Crippen LogP contribution in [0.1, 0.15) is 24.7 Å². The van der Waals surface area contributed by atoms with Gasteiger partial charge in [0.1, 0.15) is 0 Å². The molecule has 0 saturated carbocycles. The zero-order chi connectivity index (χ0) is 15.5. The minimum Gasteiger partial charge on any atom is -0.399 e. The number of hydrogen-bond acceptors (Lipinski definition) is 6. The number of aliphatic imine (C=N–C) groups is 1. The number of aromatic nitrogens is 4. The number of amidine groups is 1. The first kappa shape index (κ1) is 14.8. The number of thioether (sulfide) groups is 1. The molecule has 1 aliphatic rings. The van der Waals surface area contributed by atoms with Crippen molar-refractivity contribution in [3.05, 3.63) is 30.1 Å². The number of anilines is 1. The molecule has 22 heavy (non-hydrogen) atoms. The van der Waals surface area contributed by atoms with Crippen molar-refractivity contribution in [3.8, 4) is 5.69 Å². The summed E-state index contributed by atoms with van der Waals surface area (Å²) in [6, 6.07) is 7.60. The standard InChI is InChI=1S/C14H19N7S/c1-16-14(22-2)20-8-4-7-12(20)13-17-19-21(18-13)11-6-3-5-10(15)9-11/h3,5-6,9,12H,4,7-8,15H2,1-2H3/b16-14-/t12-/m1/s1. The number of benzene rings is 1. The van der Waals surface area contributed by atoms with E-state index >= 15 is 0 Å². The van der Waals surface area contributed by atoms with Crippen molar-refractivity contribution in [2.45, 2.75) is 18.9 Å². The molecule has 1 aromatic carbocycles. The summed E-state index contributed by atoms with van der Waals surface area (Å²) in [7, 11) is 1.82. The number of rotatable bonds is 2. The Labute approximate surface area is 133 Å². The van der Waals surface area contributed by atoms with Crippen LogP contribution in [0.15, 0.2) is 29.3 Å². The second kappa shape index (κ2) is 6.35. The van der Waals surface area contributed by atoms with E-state index in [0.29, 0.717) is 5.69 Å². The summed E-state index contributed by atoms with van der Waals surface area (Å²) >= 11 is 1.65. The lowest BCUT2D eigenvalue weighted by atomic mass is 10.2. The van der Waals surface area contributed by atoms with Crippen LogP contribution >= 0.6 is 11.8 Å². The Morgan fingerprint density at radius 2 is 2.32 bits per heavy atom. The largest absolute Gasteiger partial charge is 0.399 e. The monoisotopic (exact) mass is 317 g/mol. The average molecular weight is 317 g/mol. The molecule has 0 bridgehead atoms. The van der Waals surface area contributed by atoms with Gasteiger partial charge in [0.15, 0.2) is 11.0 Å². The average Bonchev–Trinajstić information content (AvgIpc) is 3.17. The Morgan fingerprint density at radius 3 is 3.05 bits per heavy atom. The molecule has 2 N–H and O–H groups in total. The minimum absolute atomic E-state index is 0.140. The Kier molecular flexibility index (Phi) is 4.28. The summed E-state index contributed by atoms with van der Waals surface area (Å²) in [5.74, 6) is 0.732. The van der Waals surface area contributed by atoms with Gasteiger partial charge in [0.25, 0.3) is 0 Å². The van der Waals surface area contributed by atoms with E-state index in [9.17, 15) is 0 Å². The van der Waals surface area contributed by atoms with Crippen molar-refractivity contribution in [2.75, 3.05) is 25.6 Å². The molecule has 0 radical (unpaired) electrons. The third kappa shape index (κ3) is 2.78. The van der Waals surface area contributed by atoms with Gasteiger partial charge in [-0.25, -0.2) is 0 Å². The molecule has 1 aromatic heterocycles. The zero-order valence-electron chi connectivity index (χ0n) is 12.7. The van der Waals surface area contributed by atoms with Crippen LogP contribution in [0.2, 0.25) is 0 Å². The van der Waals surface area contributed by atoms with Gasteiger partial charge in [-0.1, -0.05) is 17.8 Å². The number of nitrogens with two attached hydrogens (primary N) is 1. The fraction of sp³-hybridized carbons (Fsp3) is 0.429. The normalized spacial score (nSPS) is 18.9. The summed E-state index contributed by atoms with van der Waals surface area (Å²) in [4.78, 5) is 8.13. The van der Waals surface area contributed by atoms with E-state index in [4.69, 9.17) is 5.73 Å². The quantitative estimate of drug-likeness (QED) is 0.516. The van der Waals surface area contributed by atoms with Crippen LogP contribution < -0.4 is 5.73 Å². The smallest absolute Gasteiger partial charge is 0.197 e. The molecule has 1 aliphatic heterocycles. The Balaban J connectivity index is 1.87. The molecule has 0 unspecified atom stereocenters. The fourth-order valence-corrected chi connectivity index (χ4v) is 3.35. The predicted octanol–water partition coefficient (Wildman–Crippen LogP) is 1.73. The molecule has 3 rings (SSSR count). The molecule has 2 heterocycles. The van der Waals surface area contributed by atoms with E-state index in [1.165, 1.54) is 4.80 Å². The molecule has 8 heteroatoms. The highest BCUT2D eigenvalue weighted by atomic mass is 32.2. The molecule has 0 aliphatic carbocycles. The molecular weight excluding hydrogens is 298 g/mol. The van der Waals surface area contributed by atoms with Gasteiger partial charge in [-0.2, -0.15) is 0 Å². The minimum atomic E-state index is 0.140. The molecule has 2 aromatic rings. The van der Waals surface area contributed by atoms with Gasteiger partial charge in [-0.3, -0.25) is 4.99 Å². The Bertz CT molecular complexity index is 681. The molecule has 116 valence electrons. The second-order valence-electron chi connectivity index (χ2n) is 5.09. The van der Waals surface area contributed by atoms with E-state index in [1.54, 1.807) is 11.8 Å². The molecule has 1 atom stereocenters. The first-order chi connectivity index (χ1) is 10.7. The van der Waals surface area contributed by atoms with Gasteiger partial charge in [0, 0.05) is 19.3 Å². The number of tetrazole rings is 1. The number of hydrogen-bond donors (Lipinski definition) is 1. The topological polar surface area (TPSA) is 85.2 Å². The maximum absolute atomic E-state index is 5.81. The van der Waals surface area contributed by atoms with Gasteiger partial charge in [0.05, 0.1) is 11.7 Å². The second-order valence-corrected chi connectivity index (χ2v) is 5.87. The first-order valence-corrected chi connectivity index (χ1v) is 8.38. The van der Waals surface area contributed by atoms with Crippen LogP contribution in [0.5, 0.6) is 0 Å². The van der Waals surface area contributed by atoms with Gasteiger partial charge in [0.2, 0.25) is 0 Å². The maximum atomic E-state index is 5.81. The summed E-state index contributed by atoms with van der Waals surface area (Å²) in [5, 5.41) is 14.0. The summed E-state index contributed by atoms with van der Waals surface area (Å²) < 4.78 is 0. The highest BCUT2D eigenvalue weighted by Gasteiger charge is 2.31. The molecule has 0 spiro atoms. The van der Waals surface area contributed by atoms with Gasteiger partial charge in [-0.05, 0) is 42.5 Å². The highest BCUT2D eigenvalue weighted by Crippen LogP contribution is 2.31. The van der Waals surface area contributed by atoms with Crippen LogP contribution in [-0.2, 0) is 0 Å². The first-order valence-electron chi connectivity index (χ1n) is 7.16.